The summed E-state index contributed by atoms with van der Waals surface area (Å²) < 4.78 is 1.95. The number of thioether (sulfide) groups is 1. The van der Waals surface area contributed by atoms with Gasteiger partial charge < -0.3 is 14.6 Å². The minimum absolute atomic E-state index is 0.0682. The molecule has 1 aromatic rings. The molecule has 0 aromatic carbocycles. The average Bonchev–Trinajstić information content (AvgIpc) is 3.11. The first-order valence-corrected chi connectivity index (χ1v) is 8.00. The fourth-order valence-electron chi connectivity index (χ4n) is 2.58. The quantitative estimate of drug-likeness (QED) is 0.819. The lowest BCUT2D eigenvalue weighted by Crippen LogP contribution is -2.65. The Bertz CT molecular complexity index is 506. The number of rotatable bonds is 5. The molecule has 6 nitrogen and oxygen atoms in total. The van der Waals surface area contributed by atoms with Crippen LogP contribution in [0, 0.1) is 5.92 Å². The van der Waals surface area contributed by atoms with Crippen LogP contribution in [0.25, 0.3) is 0 Å². The molecular formula is C13H20N4O2S. The molecule has 0 unspecified atom stereocenters. The predicted octanol–water partition coefficient (Wildman–Crippen LogP) is 0.934. The Labute approximate surface area is 122 Å². The van der Waals surface area contributed by atoms with Gasteiger partial charge in [-0.05, 0) is 32.6 Å². The summed E-state index contributed by atoms with van der Waals surface area (Å²) in [5.74, 6) is 0.841. The van der Waals surface area contributed by atoms with E-state index in [0.717, 1.165) is 18.0 Å². The molecule has 0 bridgehead atoms. The first-order chi connectivity index (χ1) is 9.49. The first-order valence-electron chi connectivity index (χ1n) is 7.02. The lowest BCUT2D eigenvalue weighted by atomic mass is 9.89. The fraction of sp³-hybridized carbons (Fsp3) is 0.769. The van der Waals surface area contributed by atoms with Crippen molar-refractivity contribution in [2.45, 2.75) is 43.5 Å². The molecule has 20 heavy (non-hydrogen) atoms. The third-order valence-corrected chi connectivity index (χ3v) is 4.98. The van der Waals surface area contributed by atoms with Crippen molar-refractivity contribution in [2.24, 2.45) is 5.92 Å². The maximum atomic E-state index is 12.1. The molecule has 2 fully saturated rings. The number of aliphatic hydroxyl groups is 1. The monoisotopic (exact) mass is 296 g/mol. The van der Waals surface area contributed by atoms with E-state index in [1.807, 2.05) is 4.57 Å². The average molecular weight is 296 g/mol. The molecule has 0 atom stereocenters. The highest BCUT2D eigenvalue weighted by Crippen LogP contribution is 2.44. The number of β-amino-alcohol motifs (C(OH)–C–C–N with tert-alkyl or cyclic N) is 1. The molecule has 1 aromatic heterocycles. The van der Waals surface area contributed by atoms with Crippen LogP contribution in [0.15, 0.2) is 11.5 Å². The topological polar surface area (TPSA) is 71.2 Å². The lowest BCUT2D eigenvalue weighted by molar-refractivity contribution is -0.156. The summed E-state index contributed by atoms with van der Waals surface area (Å²) in [6.45, 7) is 5.10. The van der Waals surface area contributed by atoms with Gasteiger partial charge in [0.05, 0.1) is 18.8 Å². The molecule has 1 saturated heterocycles. The number of amides is 1. The number of carbonyl (C=O) groups excluding carboxylic acids is 1. The number of carbonyl (C=O) groups is 1. The van der Waals surface area contributed by atoms with Crippen LogP contribution in [0.4, 0.5) is 0 Å². The van der Waals surface area contributed by atoms with Crippen molar-refractivity contribution in [1.29, 1.82) is 0 Å². The van der Waals surface area contributed by atoms with E-state index < -0.39 is 5.60 Å². The van der Waals surface area contributed by atoms with Crippen LogP contribution in [-0.4, -0.2) is 55.1 Å². The Morgan fingerprint density at radius 3 is 2.85 bits per heavy atom. The van der Waals surface area contributed by atoms with Gasteiger partial charge in [0.15, 0.2) is 5.16 Å². The van der Waals surface area contributed by atoms with Gasteiger partial charge in [-0.1, -0.05) is 11.8 Å². The second-order valence-electron chi connectivity index (χ2n) is 6.03. The van der Waals surface area contributed by atoms with Crippen LogP contribution in [0.3, 0.4) is 0 Å². The van der Waals surface area contributed by atoms with Gasteiger partial charge >= 0.3 is 0 Å². The molecule has 0 spiro atoms. The summed E-state index contributed by atoms with van der Waals surface area (Å²) in [5, 5.41) is 18.9. The molecule has 2 heterocycles. The van der Waals surface area contributed by atoms with Crippen LogP contribution in [0.5, 0.6) is 0 Å². The van der Waals surface area contributed by atoms with Crippen molar-refractivity contribution in [1.82, 2.24) is 19.7 Å². The standard InChI is InChI=1S/C13H20N4O2S/c1-9(2)17-8-14-15-12(17)20-5-11(18)16-6-13(19,7-16)10-3-4-10/h8-10,19H,3-7H2,1-2H3. The smallest absolute Gasteiger partial charge is 0.233 e. The van der Waals surface area contributed by atoms with Crippen molar-refractivity contribution < 1.29 is 9.90 Å². The molecule has 1 aliphatic carbocycles. The number of likely N-dealkylation sites (tertiary alicyclic amines) is 1. The van der Waals surface area contributed by atoms with Gasteiger partial charge in [-0.15, -0.1) is 10.2 Å². The number of nitrogens with zero attached hydrogens (tertiary/aromatic N) is 4. The third kappa shape index (κ3) is 2.56. The third-order valence-electron chi connectivity index (χ3n) is 4.04. The van der Waals surface area contributed by atoms with Crippen LogP contribution < -0.4 is 0 Å². The van der Waals surface area contributed by atoms with Crippen molar-refractivity contribution in [3.8, 4) is 0 Å². The molecule has 0 radical (unpaired) electrons. The summed E-state index contributed by atoms with van der Waals surface area (Å²) >= 11 is 1.41. The number of hydrogen-bond donors (Lipinski definition) is 1. The molecule has 1 saturated carbocycles. The van der Waals surface area contributed by atoms with Gasteiger partial charge in [0.2, 0.25) is 5.91 Å². The molecule has 3 rings (SSSR count). The zero-order valence-electron chi connectivity index (χ0n) is 11.8. The first kappa shape index (κ1) is 13.9. The highest BCUT2D eigenvalue weighted by Gasteiger charge is 2.53. The Kier molecular flexibility index (Phi) is 3.50. The SMILES string of the molecule is CC(C)n1cnnc1SCC(=O)N1CC(O)(C2CC2)C1. The second kappa shape index (κ2) is 5.04. The Hall–Kier alpha value is -1.08. The van der Waals surface area contributed by atoms with E-state index in [4.69, 9.17) is 0 Å². The number of aromatic nitrogens is 3. The number of hydrogen-bond acceptors (Lipinski definition) is 5. The van der Waals surface area contributed by atoms with Gasteiger partial charge in [-0.25, -0.2) is 0 Å². The summed E-state index contributed by atoms with van der Waals surface area (Å²) in [6.07, 6.45) is 3.89. The Balaban J connectivity index is 1.49. The zero-order valence-corrected chi connectivity index (χ0v) is 12.6. The molecule has 1 amide bonds. The van der Waals surface area contributed by atoms with Crippen LogP contribution in [-0.2, 0) is 4.79 Å². The van der Waals surface area contributed by atoms with Crippen molar-refractivity contribution in [2.75, 3.05) is 18.8 Å². The van der Waals surface area contributed by atoms with Gasteiger partial charge in [0, 0.05) is 6.04 Å². The molecule has 2 aliphatic rings. The normalized spacial score (nSPS) is 21.1. The maximum absolute atomic E-state index is 12.1. The molecular weight excluding hydrogens is 276 g/mol. The minimum atomic E-state index is -0.599. The van der Waals surface area contributed by atoms with Crippen LogP contribution >= 0.6 is 11.8 Å². The van der Waals surface area contributed by atoms with Crippen molar-refractivity contribution >= 4 is 17.7 Å². The van der Waals surface area contributed by atoms with Crippen LogP contribution in [0.2, 0.25) is 0 Å². The van der Waals surface area contributed by atoms with Gasteiger partial charge in [0.1, 0.15) is 11.9 Å². The van der Waals surface area contributed by atoms with Gasteiger partial charge in [-0.3, -0.25) is 4.79 Å². The Morgan fingerprint density at radius 2 is 2.25 bits per heavy atom. The predicted molar refractivity (Wildman–Crippen MR) is 75.4 cm³/mol. The second-order valence-corrected chi connectivity index (χ2v) is 6.97. The van der Waals surface area contributed by atoms with Gasteiger partial charge in [-0.2, -0.15) is 0 Å². The van der Waals surface area contributed by atoms with E-state index in [-0.39, 0.29) is 11.9 Å². The molecule has 7 heteroatoms. The lowest BCUT2D eigenvalue weighted by Gasteiger charge is -2.47. The zero-order chi connectivity index (χ0) is 14.3. The fourth-order valence-corrected chi connectivity index (χ4v) is 3.52. The highest BCUT2D eigenvalue weighted by molar-refractivity contribution is 7.99. The van der Waals surface area contributed by atoms with E-state index in [2.05, 4.69) is 24.0 Å². The van der Waals surface area contributed by atoms with Crippen molar-refractivity contribution in [3.63, 3.8) is 0 Å². The largest absolute Gasteiger partial charge is 0.386 e. The Morgan fingerprint density at radius 1 is 1.55 bits per heavy atom. The highest BCUT2D eigenvalue weighted by atomic mass is 32.2. The van der Waals surface area contributed by atoms with E-state index in [1.165, 1.54) is 11.8 Å². The van der Waals surface area contributed by atoms with E-state index in [9.17, 15) is 9.90 Å². The summed E-state index contributed by atoms with van der Waals surface area (Å²) in [6, 6.07) is 0.284. The van der Waals surface area contributed by atoms with Crippen molar-refractivity contribution in [3.05, 3.63) is 6.33 Å². The van der Waals surface area contributed by atoms with E-state index in [0.29, 0.717) is 24.8 Å². The summed E-state index contributed by atoms with van der Waals surface area (Å²) in [4.78, 5) is 13.8. The van der Waals surface area contributed by atoms with E-state index >= 15 is 0 Å². The van der Waals surface area contributed by atoms with Gasteiger partial charge in [0.25, 0.3) is 0 Å². The molecule has 1 aliphatic heterocycles. The maximum Gasteiger partial charge on any atom is 0.233 e. The molecule has 1 N–H and O–H groups in total. The van der Waals surface area contributed by atoms with Crippen LogP contribution in [0.1, 0.15) is 32.7 Å². The summed E-state index contributed by atoms with van der Waals surface area (Å²) in [5.41, 5.74) is -0.599. The molecule has 110 valence electrons. The minimum Gasteiger partial charge on any atom is -0.386 e. The summed E-state index contributed by atoms with van der Waals surface area (Å²) in [7, 11) is 0. The van der Waals surface area contributed by atoms with E-state index in [1.54, 1.807) is 11.2 Å².